The Morgan fingerprint density at radius 1 is 1.13 bits per heavy atom. The molecule has 0 amide bonds. The van der Waals surface area contributed by atoms with E-state index in [4.69, 9.17) is 9.72 Å². The van der Waals surface area contributed by atoms with Crippen LogP contribution >= 0.6 is 0 Å². The van der Waals surface area contributed by atoms with Gasteiger partial charge < -0.3 is 9.84 Å². The highest BCUT2D eigenvalue weighted by Gasteiger charge is 2.52. The second-order valence-corrected chi connectivity index (χ2v) is 10.8. The SMILES string of the molecule is CC(C)c1nc2c(c3c1C(c1ccc(C#N)cc1)OC31CCCC1)C(O)CC(C)(C)C2. The van der Waals surface area contributed by atoms with Gasteiger partial charge in [0.2, 0.25) is 0 Å². The molecule has 162 valence electrons. The topological polar surface area (TPSA) is 66.1 Å². The molecule has 1 N–H and O–H groups in total. The summed E-state index contributed by atoms with van der Waals surface area (Å²) in [6, 6.07) is 9.99. The van der Waals surface area contributed by atoms with Gasteiger partial charge in [0.1, 0.15) is 6.10 Å². The third kappa shape index (κ3) is 3.22. The Bertz CT molecular complexity index is 1060. The Labute approximate surface area is 185 Å². The van der Waals surface area contributed by atoms with Gasteiger partial charge in [-0.2, -0.15) is 5.26 Å². The molecule has 1 fully saturated rings. The molecule has 2 heterocycles. The smallest absolute Gasteiger partial charge is 0.111 e. The van der Waals surface area contributed by atoms with Crippen LogP contribution in [-0.4, -0.2) is 10.1 Å². The summed E-state index contributed by atoms with van der Waals surface area (Å²) < 4.78 is 6.96. The number of ether oxygens (including phenoxy) is 1. The minimum atomic E-state index is -0.498. The van der Waals surface area contributed by atoms with Crippen molar-refractivity contribution in [1.29, 1.82) is 5.26 Å². The van der Waals surface area contributed by atoms with Crippen LogP contribution in [0.1, 0.15) is 117 Å². The number of aliphatic hydroxyl groups is 1. The van der Waals surface area contributed by atoms with E-state index >= 15 is 0 Å². The number of aliphatic hydroxyl groups excluding tert-OH is 1. The zero-order chi connectivity index (χ0) is 22.0. The van der Waals surface area contributed by atoms with Gasteiger partial charge in [-0.05, 0) is 60.3 Å². The van der Waals surface area contributed by atoms with E-state index in [1.165, 1.54) is 11.1 Å². The fourth-order valence-electron chi connectivity index (χ4n) is 6.15. The van der Waals surface area contributed by atoms with Crippen LogP contribution in [0.4, 0.5) is 0 Å². The van der Waals surface area contributed by atoms with Crippen LogP contribution < -0.4 is 0 Å². The molecule has 4 nitrogen and oxygen atoms in total. The molecule has 2 atom stereocenters. The summed E-state index contributed by atoms with van der Waals surface area (Å²) in [6.45, 7) is 8.86. The summed E-state index contributed by atoms with van der Waals surface area (Å²) in [5.41, 5.74) is 7.09. The molecule has 3 aliphatic rings. The van der Waals surface area contributed by atoms with Gasteiger partial charge in [0.15, 0.2) is 0 Å². The molecule has 0 radical (unpaired) electrons. The highest BCUT2D eigenvalue weighted by molar-refractivity contribution is 5.54. The van der Waals surface area contributed by atoms with E-state index in [0.717, 1.165) is 61.0 Å². The lowest BCUT2D eigenvalue weighted by Crippen LogP contribution is -2.32. The minimum Gasteiger partial charge on any atom is -0.388 e. The number of benzene rings is 1. The number of fused-ring (bicyclic) bond motifs is 4. The Balaban J connectivity index is 1.78. The number of nitriles is 1. The molecule has 2 aliphatic carbocycles. The molecule has 1 spiro atoms. The van der Waals surface area contributed by atoms with Crippen molar-refractivity contribution in [3.8, 4) is 6.07 Å². The molecule has 4 heteroatoms. The Hall–Kier alpha value is -2.22. The number of aromatic nitrogens is 1. The monoisotopic (exact) mass is 416 g/mol. The molecule has 2 unspecified atom stereocenters. The third-order valence-corrected chi connectivity index (χ3v) is 7.47. The van der Waals surface area contributed by atoms with Gasteiger partial charge in [0.25, 0.3) is 0 Å². The highest BCUT2D eigenvalue weighted by Crippen LogP contribution is 2.59. The van der Waals surface area contributed by atoms with Crippen molar-refractivity contribution < 1.29 is 9.84 Å². The Kier molecular flexibility index (Phi) is 4.77. The fourth-order valence-corrected chi connectivity index (χ4v) is 6.15. The molecule has 31 heavy (non-hydrogen) atoms. The maximum Gasteiger partial charge on any atom is 0.111 e. The maximum atomic E-state index is 11.3. The van der Waals surface area contributed by atoms with E-state index in [1.54, 1.807) is 0 Å². The molecular formula is C27H32N2O2. The predicted octanol–water partition coefficient (Wildman–Crippen LogP) is 5.97. The average Bonchev–Trinajstić information content (AvgIpc) is 3.32. The zero-order valence-corrected chi connectivity index (χ0v) is 19.0. The van der Waals surface area contributed by atoms with E-state index in [1.807, 2.05) is 24.3 Å². The molecule has 0 bridgehead atoms. The van der Waals surface area contributed by atoms with Crippen LogP contribution in [0.15, 0.2) is 24.3 Å². The van der Waals surface area contributed by atoms with Crippen molar-refractivity contribution in [2.75, 3.05) is 0 Å². The molecule has 2 aromatic rings. The first-order valence-electron chi connectivity index (χ1n) is 11.7. The van der Waals surface area contributed by atoms with Crippen molar-refractivity contribution in [1.82, 2.24) is 4.98 Å². The quantitative estimate of drug-likeness (QED) is 0.655. The molecule has 1 aromatic heterocycles. The molecule has 5 rings (SSSR count). The van der Waals surface area contributed by atoms with Gasteiger partial charge >= 0.3 is 0 Å². The standard InChI is InChI=1S/C27H32N2O2/c1-16(2)24-22-23(21-19(29-24)13-26(3,4)14-20(21)30)27(11-5-6-12-27)31-25(22)18-9-7-17(15-28)8-10-18/h7-10,16,20,25,30H,5-6,11-14H2,1-4H3. The van der Waals surface area contributed by atoms with Crippen LogP contribution in [-0.2, 0) is 16.8 Å². The van der Waals surface area contributed by atoms with Gasteiger partial charge in [-0.25, -0.2) is 0 Å². The summed E-state index contributed by atoms with van der Waals surface area (Å²) in [7, 11) is 0. The van der Waals surface area contributed by atoms with Crippen molar-refractivity contribution >= 4 is 0 Å². The number of pyridine rings is 1. The molecule has 1 saturated carbocycles. The van der Waals surface area contributed by atoms with Crippen LogP contribution in [0, 0.1) is 16.7 Å². The van der Waals surface area contributed by atoms with E-state index in [0.29, 0.717) is 5.56 Å². The molecule has 0 saturated heterocycles. The number of rotatable bonds is 2. The van der Waals surface area contributed by atoms with Crippen LogP contribution in [0.25, 0.3) is 0 Å². The van der Waals surface area contributed by atoms with Gasteiger partial charge in [-0.1, -0.05) is 52.7 Å². The number of hydrogen-bond donors (Lipinski definition) is 1. The fraction of sp³-hybridized carbons (Fsp3) is 0.556. The first-order valence-corrected chi connectivity index (χ1v) is 11.7. The first-order chi connectivity index (χ1) is 14.7. The lowest BCUT2D eigenvalue weighted by molar-refractivity contribution is -0.0580. The number of nitrogens with zero attached hydrogens (tertiary/aromatic N) is 2. The van der Waals surface area contributed by atoms with Crippen molar-refractivity contribution in [3.63, 3.8) is 0 Å². The first kappa shape index (κ1) is 20.7. The summed E-state index contributed by atoms with van der Waals surface area (Å²) in [5.74, 6) is 0.266. The predicted molar refractivity (Wildman–Crippen MR) is 120 cm³/mol. The maximum absolute atomic E-state index is 11.3. The second-order valence-electron chi connectivity index (χ2n) is 10.8. The minimum absolute atomic E-state index is 0.0384. The molecule has 1 aromatic carbocycles. The van der Waals surface area contributed by atoms with Crippen molar-refractivity contribution in [2.24, 2.45) is 5.41 Å². The normalized spacial score (nSPS) is 25.5. The summed E-state index contributed by atoms with van der Waals surface area (Å²) in [6.07, 6.45) is 5.25. The van der Waals surface area contributed by atoms with Crippen LogP contribution in [0.3, 0.4) is 0 Å². The van der Waals surface area contributed by atoms with Crippen LogP contribution in [0.2, 0.25) is 0 Å². The van der Waals surface area contributed by atoms with E-state index in [-0.39, 0.29) is 23.0 Å². The highest BCUT2D eigenvalue weighted by atomic mass is 16.5. The molecular weight excluding hydrogens is 384 g/mol. The van der Waals surface area contributed by atoms with Gasteiger partial charge in [0.05, 0.1) is 23.3 Å². The third-order valence-electron chi connectivity index (χ3n) is 7.47. The van der Waals surface area contributed by atoms with Crippen LogP contribution in [0.5, 0.6) is 0 Å². The average molecular weight is 417 g/mol. The van der Waals surface area contributed by atoms with Gasteiger partial charge in [-0.3, -0.25) is 4.98 Å². The largest absolute Gasteiger partial charge is 0.388 e. The zero-order valence-electron chi connectivity index (χ0n) is 19.0. The summed E-state index contributed by atoms with van der Waals surface area (Å²) >= 11 is 0. The summed E-state index contributed by atoms with van der Waals surface area (Å²) in [5, 5.41) is 20.5. The summed E-state index contributed by atoms with van der Waals surface area (Å²) in [4.78, 5) is 5.20. The number of hydrogen-bond acceptors (Lipinski definition) is 4. The second kappa shape index (κ2) is 7.15. The van der Waals surface area contributed by atoms with Crippen molar-refractivity contribution in [2.45, 2.75) is 89.9 Å². The molecule has 1 aliphatic heterocycles. The van der Waals surface area contributed by atoms with Crippen molar-refractivity contribution in [3.05, 3.63) is 63.5 Å². The van der Waals surface area contributed by atoms with E-state index in [2.05, 4.69) is 33.8 Å². The van der Waals surface area contributed by atoms with Gasteiger partial charge in [-0.15, -0.1) is 0 Å². The lowest BCUT2D eigenvalue weighted by atomic mass is 9.70. The van der Waals surface area contributed by atoms with Gasteiger partial charge in [0, 0.05) is 22.5 Å². The lowest BCUT2D eigenvalue weighted by Gasteiger charge is -2.38. The Morgan fingerprint density at radius 3 is 2.42 bits per heavy atom. The van der Waals surface area contributed by atoms with E-state index in [9.17, 15) is 10.4 Å². The van der Waals surface area contributed by atoms with E-state index < -0.39 is 6.10 Å². The Morgan fingerprint density at radius 2 is 1.81 bits per heavy atom.